The number of hydrogen-bond donors (Lipinski definition) is 1. The lowest BCUT2D eigenvalue weighted by Crippen LogP contribution is -2.45. The highest BCUT2D eigenvalue weighted by Crippen LogP contribution is 2.32. The van der Waals surface area contributed by atoms with Crippen molar-refractivity contribution in [3.05, 3.63) is 29.5 Å². The lowest BCUT2D eigenvalue weighted by molar-refractivity contribution is 0.596. The minimum Gasteiger partial charge on any atom is -0.742 e. The molecule has 0 spiro atoms. The lowest BCUT2D eigenvalue weighted by Gasteiger charge is -2.28. The molecule has 0 unspecified atom stereocenters. The molecule has 1 aromatic rings. The smallest absolute Gasteiger partial charge is 0.0779 e. The molecule has 1 N–H and O–H groups in total. The maximum absolute atomic E-state index is 11.3. The van der Waals surface area contributed by atoms with Crippen molar-refractivity contribution in [2.45, 2.75) is 19.9 Å². The van der Waals surface area contributed by atoms with Crippen molar-refractivity contribution in [1.82, 2.24) is 5.53 Å². The zero-order chi connectivity index (χ0) is 9.42. The first-order valence-electron chi connectivity index (χ1n) is 4.32. The molecule has 0 saturated carbocycles. The van der Waals surface area contributed by atoms with Crippen molar-refractivity contribution >= 4 is 11.4 Å². The van der Waals surface area contributed by atoms with Crippen LogP contribution in [0.25, 0.3) is 0 Å². The standard InChI is InChI=1S/C9H12N3O/c1-7(2)11-8-5-3-4-6-9(8)12(13)10-11/h3-7,10H,1-2H3/q-1. The molecule has 70 valence electrons. The van der Waals surface area contributed by atoms with E-state index < -0.39 is 0 Å². The third-order valence-electron chi connectivity index (χ3n) is 2.08. The normalized spacial score (nSPS) is 15.4. The van der Waals surface area contributed by atoms with Gasteiger partial charge in [0.25, 0.3) is 0 Å². The summed E-state index contributed by atoms with van der Waals surface area (Å²) in [6.45, 7) is 4.06. The molecule has 1 aromatic carbocycles. The van der Waals surface area contributed by atoms with Gasteiger partial charge in [-0.15, -0.1) is 0 Å². The van der Waals surface area contributed by atoms with Gasteiger partial charge in [-0.05, 0) is 26.0 Å². The first kappa shape index (κ1) is 8.34. The molecule has 0 fully saturated rings. The maximum Gasteiger partial charge on any atom is 0.0779 e. The second-order valence-corrected chi connectivity index (χ2v) is 3.35. The maximum atomic E-state index is 11.3. The van der Waals surface area contributed by atoms with Crippen LogP contribution >= 0.6 is 0 Å². The zero-order valence-corrected chi connectivity index (χ0v) is 7.69. The molecule has 0 radical (unpaired) electrons. The third kappa shape index (κ3) is 1.24. The fourth-order valence-corrected chi connectivity index (χ4v) is 1.44. The first-order chi connectivity index (χ1) is 6.20. The summed E-state index contributed by atoms with van der Waals surface area (Å²) in [5, 5.41) is 14.0. The van der Waals surface area contributed by atoms with Crippen LogP contribution in [0.5, 0.6) is 0 Å². The van der Waals surface area contributed by atoms with Gasteiger partial charge in [0.15, 0.2) is 0 Å². The average molecular weight is 178 g/mol. The van der Waals surface area contributed by atoms with E-state index in [4.69, 9.17) is 0 Å². The van der Waals surface area contributed by atoms with Gasteiger partial charge >= 0.3 is 0 Å². The van der Waals surface area contributed by atoms with Gasteiger partial charge in [0.05, 0.1) is 11.4 Å². The number of benzene rings is 1. The summed E-state index contributed by atoms with van der Waals surface area (Å²) in [6.07, 6.45) is 0. The van der Waals surface area contributed by atoms with Crippen molar-refractivity contribution in [2.75, 3.05) is 10.2 Å². The van der Waals surface area contributed by atoms with Crippen molar-refractivity contribution in [3.63, 3.8) is 0 Å². The van der Waals surface area contributed by atoms with E-state index in [9.17, 15) is 5.21 Å². The fourth-order valence-electron chi connectivity index (χ4n) is 1.44. The molecule has 4 heteroatoms. The summed E-state index contributed by atoms with van der Waals surface area (Å²) < 4.78 is 0. The van der Waals surface area contributed by atoms with E-state index in [0.717, 1.165) is 10.9 Å². The Morgan fingerprint density at radius 2 is 1.85 bits per heavy atom. The molecule has 0 bridgehead atoms. The van der Waals surface area contributed by atoms with E-state index in [1.807, 2.05) is 37.1 Å². The topological polar surface area (TPSA) is 41.6 Å². The number of para-hydroxylation sites is 2. The summed E-state index contributed by atoms with van der Waals surface area (Å²) >= 11 is 0. The molecular weight excluding hydrogens is 166 g/mol. The van der Waals surface area contributed by atoms with Gasteiger partial charge in [0.1, 0.15) is 0 Å². The molecule has 1 aliphatic heterocycles. The monoisotopic (exact) mass is 178 g/mol. The molecule has 0 saturated heterocycles. The first-order valence-corrected chi connectivity index (χ1v) is 4.32. The predicted octanol–water partition coefficient (Wildman–Crippen LogP) is 1.64. The number of fused-ring (bicyclic) bond motifs is 1. The molecule has 4 nitrogen and oxygen atoms in total. The van der Waals surface area contributed by atoms with Crippen LogP contribution in [0, 0.1) is 5.21 Å². The van der Waals surface area contributed by atoms with Gasteiger partial charge in [0, 0.05) is 6.04 Å². The van der Waals surface area contributed by atoms with E-state index in [1.165, 1.54) is 0 Å². The van der Waals surface area contributed by atoms with Gasteiger partial charge in [0.2, 0.25) is 0 Å². The zero-order valence-electron chi connectivity index (χ0n) is 7.69. The summed E-state index contributed by atoms with van der Waals surface area (Å²) in [6, 6.07) is 7.78. The molecule has 0 aromatic heterocycles. The Bertz CT molecular complexity index is 313. The van der Waals surface area contributed by atoms with Crippen LogP contribution in [-0.2, 0) is 0 Å². The number of rotatable bonds is 1. The summed E-state index contributed by atoms with van der Waals surface area (Å²) in [5.74, 6) is 0. The van der Waals surface area contributed by atoms with E-state index in [2.05, 4.69) is 5.53 Å². The minimum absolute atomic E-state index is 0.264. The van der Waals surface area contributed by atoms with E-state index in [-0.39, 0.29) is 6.04 Å². The van der Waals surface area contributed by atoms with Crippen molar-refractivity contribution in [1.29, 1.82) is 0 Å². The Morgan fingerprint density at radius 1 is 1.23 bits per heavy atom. The minimum atomic E-state index is 0.264. The molecule has 0 atom stereocenters. The number of hydrogen-bond acceptors (Lipinski definition) is 4. The number of nitrogens with zero attached hydrogens (tertiary/aromatic N) is 2. The molecule has 0 amide bonds. The predicted molar refractivity (Wildman–Crippen MR) is 53.0 cm³/mol. The van der Waals surface area contributed by atoms with E-state index in [1.54, 1.807) is 6.07 Å². The van der Waals surface area contributed by atoms with Crippen LogP contribution < -0.4 is 15.7 Å². The van der Waals surface area contributed by atoms with Gasteiger partial charge in [-0.1, -0.05) is 12.1 Å². The average Bonchev–Trinajstić information content (AvgIpc) is 2.45. The van der Waals surface area contributed by atoms with Crippen LogP contribution in [-0.4, -0.2) is 6.04 Å². The Hall–Kier alpha value is -1.26. The third-order valence-corrected chi connectivity index (χ3v) is 2.08. The van der Waals surface area contributed by atoms with Crippen LogP contribution in [0.2, 0.25) is 0 Å². The van der Waals surface area contributed by atoms with Gasteiger partial charge in [-0.2, -0.15) is 5.53 Å². The molecule has 2 rings (SSSR count). The number of anilines is 2. The Balaban J connectivity index is 2.41. The Kier molecular flexibility index (Phi) is 1.86. The largest absolute Gasteiger partial charge is 0.742 e. The van der Waals surface area contributed by atoms with Gasteiger partial charge < -0.3 is 10.4 Å². The van der Waals surface area contributed by atoms with Gasteiger partial charge in [-0.3, -0.25) is 5.01 Å². The second-order valence-electron chi connectivity index (χ2n) is 3.35. The van der Waals surface area contributed by atoms with Crippen LogP contribution in [0.1, 0.15) is 13.8 Å². The van der Waals surface area contributed by atoms with Gasteiger partial charge in [-0.25, -0.2) is 0 Å². The van der Waals surface area contributed by atoms with E-state index in [0.29, 0.717) is 5.69 Å². The fraction of sp³-hybridized carbons (Fsp3) is 0.333. The summed E-state index contributed by atoms with van der Waals surface area (Å²) in [5.41, 5.74) is 4.34. The molecule has 1 heterocycles. The Labute approximate surface area is 77.3 Å². The highest BCUT2D eigenvalue weighted by Gasteiger charge is 2.21. The summed E-state index contributed by atoms with van der Waals surface area (Å²) in [7, 11) is 0. The SMILES string of the molecule is CC(C)N1NN([O-])c2ccccc21. The molecule has 0 aliphatic carbocycles. The quantitative estimate of drug-likeness (QED) is 0.709. The van der Waals surface area contributed by atoms with Crippen molar-refractivity contribution in [3.8, 4) is 0 Å². The number of hydrazine groups is 2. The molecule has 1 aliphatic rings. The Morgan fingerprint density at radius 3 is 2.46 bits per heavy atom. The van der Waals surface area contributed by atoms with E-state index >= 15 is 0 Å². The molecular formula is C9H12N3O-. The van der Waals surface area contributed by atoms with Crippen LogP contribution in [0.3, 0.4) is 0 Å². The van der Waals surface area contributed by atoms with Crippen LogP contribution in [0.15, 0.2) is 24.3 Å². The summed E-state index contributed by atoms with van der Waals surface area (Å²) in [4.78, 5) is 0. The lowest BCUT2D eigenvalue weighted by atomic mass is 10.2. The molecule has 13 heavy (non-hydrogen) atoms. The highest BCUT2D eigenvalue weighted by molar-refractivity contribution is 5.74. The second kappa shape index (κ2) is 2.90. The highest BCUT2D eigenvalue weighted by atomic mass is 16.6. The number of nitrogens with one attached hydrogen (secondary N) is 1. The van der Waals surface area contributed by atoms with Crippen molar-refractivity contribution in [2.24, 2.45) is 0 Å². The van der Waals surface area contributed by atoms with Crippen LogP contribution in [0.4, 0.5) is 11.4 Å². The van der Waals surface area contributed by atoms with Crippen molar-refractivity contribution < 1.29 is 0 Å².